The number of halogens is 1. The number of likely N-dealkylation sites (tertiary alicyclic amines) is 1. The van der Waals surface area contributed by atoms with Gasteiger partial charge in [-0.1, -0.05) is 11.6 Å². The van der Waals surface area contributed by atoms with Gasteiger partial charge in [-0.2, -0.15) is 0 Å². The van der Waals surface area contributed by atoms with Crippen molar-refractivity contribution < 1.29 is 0 Å². The monoisotopic (exact) mass is 240 g/mol. The summed E-state index contributed by atoms with van der Waals surface area (Å²) in [5.41, 5.74) is 0. The zero-order valence-electron chi connectivity index (χ0n) is 9.73. The summed E-state index contributed by atoms with van der Waals surface area (Å²) in [7, 11) is 4.19. The SMILES string of the molecule is CN1CCCC(N(C)c2nccnc2Cl)C1. The highest BCUT2D eigenvalue weighted by molar-refractivity contribution is 6.31. The molecular formula is C11H17ClN4. The van der Waals surface area contributed by atoms with Crippen molar-refractivity contribution in [2.75, 3.05) is 32.1 Å². The molecule has 1 aliphatic rings. The lowest BCUT2D eigenvalue weighted by Crippen LogP contribution is -2.45. The zero-order valence-corrected chi connectivity index (χ0v) is 10.5. The van der Waals surface area contributed by atoms with Gasteiger partial charge < -0.3 is 9.80 Å². The zero-order chi connectivity index (χ0) is 11.5. The number of hydrogen-bond acceptors (Lipinski definition) is 4. The van der Waals surface area contributed by atoms with Crippen LogP contribution in [0.3, 0.4) is 0 Å². The molecule has 0 aliphatic carbocycles. The summed E-state index contributed by atoms with van der Waals surface area (Å²) in [5.74, 6) is 0.782. The second kappa shape index (κ2) is 4.97. The van der Waals surface area contributed by atoms with Gasteiger partial charge in [-0.25, -0.2) is 9.97 Å². The van der Waals surface area contributed by atoms with Crippen LogP contribution in [0.2, 0.25) is 5.15 Å². The molecule has 1 saturated heterocycles. The molecule has 1 atom stereocenters. The Bertz CT molecular complexity index is 358. The molecule has 88 valence electrons. The quantitative estimate of drug-likeness (QED) is 0.787. The van der Waals surface area contributed by atoms with E-state index in [1.165, 1.54) is 19.4 Å². The van der Waals surface area contributed by atoms with Crippen molar-refractivity contribution in [2.45, 2.75) is 18.9 Å². The van der Waals surface area contributed by atoms with Crippen molar-refractivity contribution in [3.8, 4) is 0 Å². The van der Waals surface area contributed by atoms with E-state index in [1.54, 1.807) is 12.4 Å². The first-order chi connectivity index (χ1) is 7.68. The maximum atomic E-state index is 6.05. The Morgan fingerprint density at radius 3 is 2.88 bits per heavy atom. The Morgan fingerprint density at radius 1 is 1.44 bits per heavy atom. The van der Waals surface area contributed by atoms with Gasteiger partial charge in [-0.05, 0) is 26.4 Å². The van der Waals surface area contributed by atoms with Crippen molar-refractivity contribution in [1.82, 2.24) is 14.9 Å². The minimum atomic E-state index is 0.480. The fraction of sp³-hybridized carbons (Fsp3) is 0.636. The van der Waals surface area contributed by atoms with E-state index in [4.69, 9.17) is 11.6 Å². The Morgan fingerprint density at radius 2 is 2.19 bits per heavy atom. The summed E-state index contributed by atoms with van der Waals surface area (Å²) < 4.78 is 0. The van der Waals surface area contributed by atoms with Crippen LogP contribution in [-0.4, -0.2) is 48.1 Å². The highest BCUT2D eigenvalue weighted by Crippen LogP contribution is 2.23. The van der Waals surface area contributed by atoms with Crippen LogP contribution >= 0.6 is 11.6 Å². The molecule has 4 nitrogen and oxygen atoms in total. The highest BCUT2D eigenvalue weighted by atomic mass is 35.5. The van der Waals surface area contributed by atoms with E-state index in [1.807, 2.05) is 7.05 Å². The molecule has 0 saturated carbocycles. The van der Waals surface area contributed by atoms with E-state index in [-0.39, 0.29) is 0 Å². The lowest BCUT2D eigenvalue weighted by atomic mass is 10.1. The maximum Gasteiger partial charge on any atom is 0.171 e. The maximum absolute atomic E-state index is 6.05. The van der Waals surface area contributed by atoms with E-state index >= 15 is 0 Å². The van der Waals surface area contributed by atoms with Crippen molar-refractivity contribution >= 4 is 17.4 Å². The van der Waals surface area contributed by atoms with Crippen LogP contribution in [0.4, 0.5) is 5.82 Å². The molecule has 0 N–H and O–H groups in total. The molecule has 0 aromatic carbocycles. The molecule has 0 radical (unpaired) electrons. The molecule has 5 heteroatoms. The van der Waals surface area contributed by atoms with Crippen LogP contribution < -0.4 is 4.90 Å². The predicted molar refractivity (Wildman–Crippen MR) is 66.0 cm³/mol. The summed E-state index contributed by atoms with van der Waals surface area (Å²) in [5, 5.41) is 0.484. The lowest BCUT2D eigenvalue weighted by molar-refractivity contribution is 0.247. The highest BCUT2D eigenvalue weighted by Gasteiger charge is 2.23. The third-order valence-corrected chi connectivity index (χ3v) is 3.38. The number of likely N-dealkylation sites (N-methyl/N-ethyl adjacent to an activating group) is 2. The predicted octanol–water partition coefficient (Wildman–Crippen LogP) is 1.66. The third kappa shape index (κ3) is 2.44. The van der Waals surface area contributed by atoms with Gasteiger partial charge in [-0.15, -0.1) is 0 Å². The largest absolute Gasteiger partial charge is 0.353 e. The summed E-state index contributed by atoms with van der Waals surface area (Å²) in [6, 6.07) is 0.480. The summed E-state index contributed by atoms with van der Waals surface area (Å²) in [6.45, 7) is 2.24. The number of anilines is 1. The van der Waals surface area contributed by atoms with Crippen LogP contribution in [0.25, 0.3) is 0 Å². The minimum absolute atomic E-state index is 0.480. The fourth-order valence-electron chi connectivity index (χ4n) is 2.18. The number of nitrogens with zero attached hydrogens (tertiary/aromatic N) is 4. The van der Waals surface area contributed by atoms with Crippen molar-refractivity contribution in [2.24, 2.45) is 0 Å². The van der Waals surface area contributed by atoms with Crippen LogP contribution in [-0.2, 0) is 0 Å². The van der Waals surface area contributed by atoms with Crippen molar-refractivity contribution in [3.05, 3.63) is 17.5 Å². The standard InChI is InChI=1S/C11H17ClN4/c1-15-7-3-4-9(8-15)16(2)11-10(12)13-5-6-14-11/h5-6,9H,3-4,7-8H2,1-2H3. The number of piperidine rings is 1. The molecule has 1 fully saturated rings. The van der Waals surface area contributed by atoms with Crippen LogP contribution in [0, 0.1) is 0 Å². The van der Waals surface area contributed by atoms with Crippen LogP contribution in [0.5, 0.6) is 0 Å². The van der Waals surface area contributed by atoms with E-state index in [0.29, 0.717) is 11.2 Å². The van der Waals surface area contributed by atoms with Gasteiger partial charge in [0, 0.05) is 32.0 Å². The van der Waals surface area contributed by atoms with Gasteiger partial charge in [-0.3, -0.25) is 0 Å². The minimum Gasteiger partial charge on any atom is -0.353 e. The first kappa shape index (κ1) is 11.6. The van der Waals surface area contributed by atoms with Gasteiger partial charge in [0.25, 0.3) is 0 Å². The van der Waals surface area contributed by atoms with Gasteiger partial charge in [0.2, 0.25) is 0 Å². The smallest absolute Gasteiger partial charge is 0.171 e. The van der Waals surface area contributed by atoms with E-state index in [2.05, 4.69) is 26.8 Å². The van der Waals surface area contributed by atoms with Crippen LogP contribution in [0.1, 0.15) is 12.8 Å². The first-order valence-electron chi connectivity index (χ1n) is 5.56. The fourth-order valence-corrected chi connectivity index (χ4v) is 2.42. The Kier molecular flexibility index (Phi) is 3.61. The van der Waals surface area contributed by atoms with Gasteiger partial charge in [0.1, 0.15) is 0 Å². The lowest BCUT2D eigenvalue weighted by Gasteiger charge is -2.36. The first-order valence-corrected chi connectivity index (χ1v) is 5.94. The topological polar surface area (TPSA) is 32.3 Å². The third-order valence-electron chi connectivity index (χ3n) is 3.12. The number of rotatable bonds is 2. The number of hydrogen-bond donors (Lipinski definition) is 0. The molecule has 1 aliphatic heterocycles. The summed E-state index contributed by atoms with van der Waals surface area (Å²) in [4.78, 5) is 12.8. The average molecular weight is 241 g/mol. The van der Waals surface area contributed by atoms with Gasteiger partial charge in [0.05, 0.1) is 0 Å². The van der Waals surface area contributed by atoms with Gasteiger partial charge >= 0.3 is 0 Å². The molecule has 16 heavy (non-hydrogen) atoms. The molecule has 0 spiro atoms. The molecule has 0 amide bonds. The average Bonchev–Trinajstić information content (AvgIpc) is 2.29. The molecule has 0 bridgehead atoms. The van der Waals surface area contributed by atoms with E-state index < -0.39 is 0 Å². The second-order valence-corrected chi connectivity index (χ2v) is 4.70. The molecule has 1 aromatic heterocycles. The summed E-state index contributed by atoms with van der Waals surface area (Å²) >= 11 is 6.05. The van der Waals surface area contributed by atoms with E-state index in [9.17, 15) is 0 Å². The van der Waals surface area contributed by atoms with Gasteiger partial charge in [0.15, 0.2) is 11.0 Å². The van der Waals surface area contributed by atoms with Crippen LogP contribution in [0.15, 0.2) is 12.4 Å². The second-order valence-electron chi connectivity index (χ2n) is 4.34. The molecule has 2 rings (SSSR count). The van der Waals surface area contributed by atoms with Crippen molar-refractivity contribution in [3.63, 3.8) is 0 Å². The molecular weight excluding hydrogens is 224 g/mol. The Hall–Kier alpha value is -0.870. The Balaban J connectivity index is 2.12. The number of aromatic nitrogens is 2. The summed E-state index contributed by atoms with van der Waals surface area (Å²) in [6.07, 6.45) is 5.72. The van der Waals surface area contributed by atoms with Crippen molar-refractivity contribution in [1.29, 1.82) is 0 Å². The molecule has 1 aromatic rings. The normalized spacial score (nSPS) is 22.1. The van der Waals surface area contributed by atoms with E-state index in [0.717, 1.165) is 12.4 Å². The molecule has 1 unspecified atom stereocenters. The molecule has 2 heterocycles. The Labute approximate surface area is 101 Å².